The molecule has 3 heteroatoms. The molecule has 0 fully saturated rings. The third-order valence-electron chi connectivity index (χ3n) is 2.24. The molecule has 0 atom stereocenters. The lowest BCUT2D eigenvalue weighted by molar-refractivity contribution is 0.196. The van der Waals surface area contributed by atoms with Gasteiger partial charge in [0.25, 0.3) is 0 Å². The zero-order valence-corrected chi connectivity index (χ0v) is 10.00. The molecule has 0 saturated carbocycles. The van der Waals surface area contributed by atoms with Gasteiger partial charge in [-0.25, -0.2) is 0 Å². The van der Waals surface area contributed by atoms with Crippen LogP contribution in [0.15, 0.2) is 18.2 Å². The van der Waals surface area contributed by atoms with Gasteiger partial charge in [0, 0.05) is 0 Å². The van der Waals surface area contributed by atoms with Gasteiger partial charge in [-0.2, -0.15) is 0 Å². The quantitative estimate of drug-likeness (QED) is 0.859. The SMILES string of the molecule is [2H]C([2H])(O)C([2H])([2H])Oc1ccc(C(C)(C)C)cc1OC. The Balaban J connectivity index is 3.15. The fourth-order valence-electron chi connectivity index (χ4n) is 1.30. The number of ether oxygens (including phenoxy) is 2. The minimum atomic E-state index is -3.12. The van der Waals surface area contributed by atoms with E-state index >= 15 is 0 Å². The fourth-order valence-corrected chi connectivity index (χ4v) is 1.30. The molecular weight excluding hydrogens is 204 g/mol. The molecule has 90 valence electrons. The van der Waals surface area contributed by atoms with Gasteiger partial charge in [0.2, 0.25) is 0 Å². The van der Waals surface area contributed by atoms with Crippen LogP contribution in [0.5, 0.6) is 11.5 Å². The summed E-state index contributed by atoms with van der Waals surface area (Å²) in [7, 11) is 1.41. The molecule has 16 heavy (non-hydrogen) atoms. The van der Waals surface area contributed by atoms with Gasteiger partial charge in [-0.15, -0.1) is 0 Å². The van der Waals surface area contributed by atoms with E-state index in [0.29, 0.717) is 0 Å². The molecule has 1 N–H and O–H groups in total. The van der Waals surface area contributed by atoms with Gasteiger partial charge in [-0.05, 0) is 23.1 Å². The second kappa shape index (κ2) is 5.21. The average molecular weight is 228 g/mol. The van der Waals surface area contributed by atoms with Crippen molar-refractivity contribution < 1.29 is 20.1 Å². The topological polar surface area (TPSA) is 38.7 Å². The predicted molar refractivity (Wildman–Crippen MR) is 64.3 cm³/mol. The van der Waals surface area contributed by atoms with Crippen LogP contribution in [-0.4, -0.2) is 25.3 Å². The van der Waals surface area contributed by atoms with Gasteiger partial charge in [0.1, 0.15) is 6.56 Å². The Labute approximate surface area is 103 Å². The first-order valence-corrected chi connectivity index (χ1v) is 4.98. The number of hydrogen-bond acceptors (Lipinski definition) is 3. The Hall–Kier alpha value is -1.22. The molecule has 1 aromatic rings. The first-order chi connectivity index (χ1) is 8.88. The summed E-state index contributed by atoms with van der Waals surface area (Å²) in [4.78, 5) is 0. The number of methoxy groups -OCH3 is 1. The summed E-state index contributed by atoms with van der Waals surface area (Å²) in [6.45, 7) is 0.0556. The standard InChI is InChI=1S/C13H20O3/c1-13(2,3)10-5-6-11(16-8-7-14)12(9-10)15-4/h5-6,9,14H,7-8H2,1-4H3/i7D2,8D2. The second-order valence-corrected chi connectivity index (χ2v) is 4.43. The molecule has 0 aliphatic rings. The van der Waals surface area contributed by atoms with Crippen molar-refractivity contribution in [1.82, 2.24) is 0 Å². The van der Waals surface area contributed by atoms with Crippen molar-refractivity contribution in [3.05, 3.63) is 23.8 Å². The number of hydrogen-bond donors (Lipinski definition) is 1. The Morgan fingerprint density at radius 3 is 2.50 bits per heavy atom. The highest BCUT2D eigenvalue weighted by Gasteiger charge is 2.16. The van der Waals surface area contributed by atoms with E-state index in [1.807, 2.05) is 20.8 Å². The second-order valence-electron chi connectivity index (χ2n) is 4.43. The molecule has 0 heterocycles. The molecule has 0 radical (unpaired) electrons. The van der Waals surface area contributed by atoms with Crippen molar-refractivity contribution in [2.75, 3.05) is 20.2 Å². The number of aliphatic hydroxyl groups is 1. The van der Waals surface area contributed by atoms with Crippen LogP contribution in [0.1, 0.15) is 31.8 Å². The molecule has 0 spiro atoms. The van der Waals surface area contributed by atoms with E-state index in [4.69, 9.17) is 20.1 Å². The Bertz CT molecular complexity index is 475. The lowest BCUT2D eigenvalue weighted by Gasteiger charge is -2.20. The van der Waals surface area contributed by atoms with Crippen LogP contribution in [-0.2, 0) is 5.41 Å². The van der Waals surface area contributed by atoms with Crippen molar-refractivity contribution >= 4 is 0 Å². The van der Waals surface area contributed by atoms with Gasteiger partial charge in [0.05, 0.1) is 19.2 Å². The first kappa shape index (κ1) is 7.96. The highest BCUT2D eigenvalue weighted by molar-refractivity contribution is 5.44. The number of benzene rings is 1. The van der Waals surface area contributed by atoms with E-state index < -0.39 is 13.1 Å². The molecule has 0 bridgehead atoms. The summed E-state index contributed by atoms with van der Waals surface area (Å²) >= 11 is 0. The van der Waals surface area contributed by atoms with E-state index in [1.165, 1.54) is 13.2 Å². The smallest absolute Gasteiger partial charge is 0.161 e. The third-order valence-corrected chi connectivity index (χ3v) is 2.24. The normalized spacial score (nSPS) is 16.8. The van der Waals surface area contributed by atoms with E-state index in [2.05, 4.69) is 0 Å². The minimum Gasteiger partial charge on any atom is -0.493 e. The maximum Gasteiger partial charge on any atom is 0.161 e. The Morgan fingerprint density at radius 2 is 2.00 bits per heavy atom. The lowest BCUT2D eigenvalue weighted by Crippen LogP contribution is -2.11. The first-order valence-electron chi connectivity index (χ1n) is 6.98. The third kappa shape index (κ3) is 3.14. The summed E-state index contributed by atoms with van der Waals surface area (Å²) in [5.41, 5.74) is 0.852. The van der Waals surface area contributed by atoms with E-state index in [9.17, 15) is 0 Å². The van der Waals surface area contributed by atoms with Crippen LogP contribution >= 0.6 is 0 Å². The summed E-state index contributed by atoms with van der Waals surface area (Å²) < 4.78 is 39.0. The molecule has 0 aromatic heterocycles. The number of rotatable bonds is 4. The maximum atomic E-state index is 9.15. The van der Waals surface area contributed by atoms with Crippen LogP contribution in [0.3, 0.4) is 0 Å². The van der Waals surface area contributed by atoms with Crippen molar-refractivity contribution in [2.24, 2.45) is 0 Å². The molecule has 0 aliphatic carbocycles. The highest BCUT2D eigenvalue weighted by atomic mass is 16.5. The van der Waals surface area contributed by atoms with E-state index in [0.717, 1.165) is 5.56 Å². The minimum absolute atomic E-state index is 0.0309. The van der Waals surface area contributed by atoms with Gasteiger partial charge >= 0.3 is 0 Å². The van der Waals surface area contributed by atoms with Crippen LogP contribution in [0.25, 0.3) is 0 Å². The molecule has 3 nitrogen and oxygen atoms in total. The zero-order valence-electron chi connectivity index (χ0n) is 14.0. The molecule has 1 aromatic carbocycles. The summed E-state index contributed by atoms with van der Waals surface area (Å²) in [5, 5.41) is 9.15. The van der Waals surface area contributed by atoms with Gasteiger partial charge < -0.3 is 14.6 Å². The van der Waals surface area contributed by atoms with Crippen LogP contribution in [0.2, 0.25) is 0 Å². The zero-order chi connectivity index (χ0) is 15.8. The molecule has 0 unspecified atom stereocenters. The monoisotopic (exact) mass is 228 g/mol. The highest BCUT2D eigenvalue weighted by Crippen LogP contribution is 2.32. The van der Waals surface area contributed by atoms with Crippen LogP contribution in [0.4, 0.5) is 0 Å². The Morgan fingerprint density at radius 1 is 1.31 bits per heavy atom. The average Bonchev–Trinajstić information content (AvgIpc) is 2.26. The molecule has 0 aliphatic heterocycles. The van der Waals surface area contributed by atoms with Crippen molar-refractivity contribution in [3.63, 3.8) is 0 Å². The molecule has 0 saturated heterocycles. The van der Waals surface area contributed by atoms with Gasteiger partial charge in [-0.1, -0.05) is 26.8 Å². The summed E-state index contributed by atoms with van der Waals surface area (Å²) in [5.74, 6) is 0.314. The van der Waals surface area contributed by atoms with Crippen LogP contribution in [0, 0.1) is 0 Å². The lowest BCUT2D eigenvalue weighted by atomic mass is 9.87. The largest absolute Gasteiger partial charge is 0.493 e. The van der Waals surface area contributed by atoms with E-state index in [1.54, 1.807) is 12.1 Å². The predicted octanol–water partition coefficient (Wildman–Crippen LogP) is 2.36. The van der Waals surface area contributed by atoms with Gasteiger partial charge in [-0.3, -0.25) is 0 Å². The molecule has 0 amide bonds. The van der Waals surface area contributed by atoms with Crippen molar-refractivity contribution in [1.29, 1.82) is 0 Å². The summed E-state index contributed by atoms with van der Waals surface area (Å²) in [6.07, 6.45) is 0. The fraction of sp³-hybridized carbons (Fsp3) is 0.538. The Kier molecular flexibility index (Phi) is 2.59. The van der Waals surface area contributed by atoms with Crippen molar-refractivity contribution in [2.45, 2.75) is 26.2 Å². The maximum absolute atomic E-state index is 9.15. The summed E-state index contributed by atoms with van der Waals surface area (Å²) in [6, 6.07) is 4.96. The van der Waals surface area contributed by atoms with Crippen molar-refractivity contribution in [3.8, 4) is 11.5 Å². The van der Waals surface area contributed by atoms with Crippen LogP contribution < -0.4 is 9.47 Å². The van der Waals surface area contributed by atoms with Gasteiger partial charge in [0.15, 0.2) is 11.5 Å². The molecule has 1 rings (SSSR count). The molecular formula is C13H20O3. The van der Waals surface area contributed by atoms with E-state index in [-0.39, 0.29) is 16.9 Å².